The Morgan fingerprint density at radius 1 is 1.11 bits per heavy atom. The molecule has 1 amide bonds. The van der Waals surface area contributed by atoms with Gasteiger partial charge >= 0.3 is 18.1 Å². The van der Waals surface area contributed by atoms with Crippen LogP contribution in [0.3, 0.4) is 0 Å². The molecule has 206 valence electrons. The monoisotopic (exact) mass is 562 g/mol. The van der Waals surface area contributed by atoms with Crippen LogP contribution in [0.4, 0.5) is 13.2 Å². The Bertz CT molecular complexity index is 1150. The van der Waals surface area contributed by atoms with E-state index in [-0.39, 0.29) is 35.4 Å². The molecule has 1 atom stereocenters. The van der Waals surface area contributed by atoms with Gasteiger partial charge in [-0.05, 0) is 49.1 Å². The molecule has 7 nitrogen and oxygen atoms in total. The van der Waals surface area contributed by atoms with E-state index in [1.54, 1.807) is 0 Å². The quantitative estimate of drug-likeness (QED) is 0.262. The van der Waals surface area contributed by atoms with E-state index in [1.807, 2.05) is 6.92 Å². The molecular formula is C25H33F3N2O5S2. The SMILES string of the molecule is CCCCC(CC)CNS(=O)(=O)c1ccc(CN(Cc2cccc(C(F)(F)F)c2)C(=O)C(=O)OCC)s1. The topological polar surface area (TPSA) is 92.8 Å². The standard InChI is InChI=1S/C25H33F3N2O5S2/c1-4-7-9-18(5-2)15-29-37(33,34)22-13-12-21(36-22)17-30(23(31)24(32)35-6-3)16-19-10-8-11-20(14-19)25(26,27)28/h8,10-14,18,29H,4-7,9,15-17H2,1-3H3. The number of esters is 1. The van der Waals surface area contributed by atoms with Crippen molar-refractivity contribution in [1.82, 2.24) is 9.62 Å². The van der Waals surface area contributed by atoms with Crippen molar-refractivity contribution in [2.75, 3.05) is 13.2 Å². The molecule has 0 fully saturated rings. The highest BCUT2D eigenvalue weighted by atomic mass is 32.2. The van der Waals surface area contributed by atoms with E-state index in [1.165, 1.54) is 31.2 Å². The smallest absolute Gasteiger partial charge is 0.416 e. The second-order valence-corrected chi connectivity index (χ2v) is 11.7. The summed E-state index contributed by atoms with van der Waals surface area (Å²) < 4.78 is 72.5. The van der Waals surface area contributed by atoms with E-state index in [9.17, 15) is 31.2 Å². The van der Waals surface area contributed by atoms with Gasteiger partial charge in [-0.1, -0.05) is 45.2 Å². The summed E-state index contributed by atoms with van der Waals surface area (Å²) in [4.78, 5) is 26.3. The maximum Gasteiger partial charge on any atom is 0.416 e. The van der Waals surface area contributed by atoms with Gasteiger partial charge in [0.25, 0.3) is 0 Å². The van der Waals surface area contributed by atoms with Crippen LogP contribution in [-0.4, -0.2) is 38.3 Å². The number of benzene rings is 1. The number of rotatable bonds is 13. The Labute approximate surface area is 220 Å². The molecule has 0 spiro atoms. The van der Waals surface area contributed by atoms with Crippen LogP contribution in [0.15, 0.2) is 40.6 Å². The number of hydrogen-bond acceptors (Lipinski definition) is 6. The van der Waals surface area contributed by atoms with Gasteiger partial charge in [0.1, 0.15) is 4.21 Å². The van der Waals surface area contributed by atoms with Gasteiger partial charge in [0.15, 0.2) is 0 Å². The van der Waals surface area contributed by atoms with Gasteiger partial charge in [-0.2, -0.15) is 13.2 Å². The van der Waals surface area contributed by atoms with Crippen molar-refractivity contribution in [1.29, 1.82) is 0 Å². The van der Waals surface area contributed by atoms with Gasteiger partial charge < -0.3 is 9.64 Å². The molecule has 0 radical (unpaired) electrons. The number of alkyl halides is 3. The fourth-order valence-corrected chi connectivity index (χ4v) is 6.14. The zero-order chi connectivity index (χ0) is 27.6. The molecule has 1 aromatic heterocycles. The first-order valence-electron chi connectivity index (χ1n) is 12.1. The normalized spacial score (nSPS) is 12.8. The minimum absolute atomic E-state index is 0.0496. The number of ether oxygens (including phenoxy) is 1. The summed E-state index contributed by atoms with van der Waals surface area (Å²) in [5.41, 5.74) is -0.718. The lowest BCUT2D eigenvalue weighted by Gasteiger charge is -2.21. The predicted octanol–water partition coefficient (Wildman–Crippen LogP) is 5.35. The number of nitrogens with one attached hydrogen (secondary N) is 1. The van der Waals surface area contributed by atoms with Gasteiger partial charge in [-0.3, -0.25) is 4.79 Å². The highest BCUT2D eigenvalue weighted by Crippen LogP contribution is 2.30. The molecule has 0 aliphatic heterocycles. The van der Waals surface area contributed by atoms with Crippen LogP contribution in [0.1, 0.15) is 62.5 Å². The Morgan fingerprint density at radius 2 is 1.84 bits per heavy atom. The van der Waals surface area contributed by atoms with Crippen LogP contribution < -0.4 is 4.72 Å². The molecule has 2 rings (SSSR count). The summed E-state index contributed by atoms with van der Waals surface area (Å²) >= 11 is 0.929. The summed E-state index contributed by atoms with van der Waals surface area (Å²) in [5, 5.41) is 0. The van der Waals surface area contributed by atoms with E-state index in [4.69, 9.17) is 4.74 Å². The van der Waals surface area contributed by atoms with Crippen LogP contribution in [0, 0.1) is 5.92 Å². The number of nitrogens with zero attached hydrogens (tertiary/aromatic N) is 1. The first-order chi connectivity index (χ1) is 17.4. The molecule has 1 heterocycles. The molecule has 0 saturated heterocycles. The molecule has 2 aromatic rings. The predicted molar refractivity (Wildman–Crippen MR) is 135 cm³/mol. The highest BCUT2D eigenvalue weighted by Gasteiger charge is 2.31. The number of carbonyl (C=O) groups is 2. The number of thiophene rings is 1. The van der Waals surface area contributed by atoms with Crippen molar-refractivity contribution < 1.29 is 35.9 Å². The van der Waals surface area contributed by atoms with Crippen molar-refractivity contribution in [3.8, 4) is 0 Å². The number of carbonyl (C=O) groups excluding carboxylic acids is 2. The van der Waals surface area contributed by atoms with Gasteiger partial charge in [0.05, 0.1) is 18.7 Å². The van der Waals surface area contributed by atoms with Crippen molar-refractivity contribution >= 4 is 33.2 Å². The van der Waals surface area contributed by atoms with Crippen LogP contribution in [0.25, 0.3) is 0 Å². The molecule has 0 saturated carbocycles. The zero-order valence-corrected chi connectivity index (χ0v) is 22.8. The summed E-state index contributed by atoms with van der Waals surface area (Å²) in [7, 11) is -3.78. The van der Waals surface area contributed by atoms with Crippen LogP contribution in [0.2, 0.25) is 0 Å². The second-order valence-electron chi connectivity index (χ2n) is 8.57. The van der Waals surface area contributed by atoms with Crippen LogP contribution in [0.5, 0.6) is 0 Å². The Balaban J connectivity index is 2.22. The number of hydrogen-bond donors (Lipinski definition) is 1. The van der Waals surface area contributed by atoms with E-state index < -0.39 is 33.6 Å². The van der Waals surface area contributed by atoms with Gasteiger partial charge in [0, 0.05) is 18.0 Å². The van der Waals surface area contributed by atoms with Crippen molar-refractivity contribution in [3.05, 3.63) is 52.4 Å². The summed E-state index contributed by atoms with van der Waals surface area (Å²) in [6, 6.07) is 7.38. The maximum absolute atomic E-state index is 13.1. The third-order valence-corrected chi connectivity index (χ3v) is 8.70. The molecule has 37 heavy (non-hydrogen) atoms. The van der Waals surface area contributed by atoms with Gasteiger partial charge in [0.2, 0.25) is 10.0 Å². The maximum atomic E-state index is 13.1. The lowest BCUT2D eigenvalue weighted by molar-refractivity contribution is -0.160. The molecule has 12 heteroatoms. The fourth-order valence-electron chi connectivity index (χ4n) is 3.61. The third-order valence-electron chi connectivity index (χ3n) is 5.72. The lowest BCUT2D eigenvalue weighted by atomic mass is 10.00. The number of amides is 1. The summed E-state index contributed by atoms with van der Waals surface area (Å²) in [6.07, 6.45) is -0.758. The van der Waals surface area contributed by atoms with E-state index in [0.29, 0.717) is 11.4 Å². The average molecular weight is 563 g/mol. The van der Waals surface area contributed by atoms with E-state index >= 15 is 0 Å². The van der Waals surface area contributed by atoms with Crippen LogP contribution in [-0.2, 0) is 43.6 Å². The van der Waals surface area contributed by atoms with Gasteiger partial charge in [-0.15, -0.1) is 11.3 Å². The minimum Gasteiger partial charge on any atom is -0.459 e. The summed E-state index contributed by atoms with van der Waals surface area (Å²) in [5.74, 6) is -1.95. The molecule has 0 bridgehead atoms. The van der Waals surface area contributed by atoms with Crippen molar-refractivity contribution in [2.24, 2.45) is 5.92 Å². The van der Waals surface area contributed by atoms with E-state index in [2.05, 4.69) is 11.6 Å². The van der Waals surface area contributed by atoms with Gasteiger partial charge in [-0.25, -0.2) is 17.9 Å². The van der Waals surface area contributed by atoms with Crippen LogP contribution >= 0.6 is 11.3 Å². The number of halogens is 3. The third kappa shape index (κ3) is 9.42. The Hall–Kier alpha value is -2.44. The first kappa shape index (κ1) is 30.8. The lowest BCUT2D eigenvalue weighted by Crippen LogP contribution is -2.36. The molecular weight excluding hydrogens is 529 g/mol. The molecule has 0 aliphatic rings. The minimum atomic E-state index is -4.57. The Kier molecular flexibility index (Phi) is 11.6. The first-order valence-corrected chi connectivity index (χ1v) is 14.4. The number of sulfonamides is 1. The fraction of sp³-hybridized carbons (Fsp3) is 0.520. The Morgan fingerprint density at radius 3 is 2.46 bits per heavy atom. The van der Waals surface area contributed by atoms with Crippen molar-refractivity contribution in [2.45, 2.75) is 69.9 Å². The molecule has 0 aliphatic carbocycles. The highest BCUT2D eigenvalue weighted by molar-refractivity contribution is 7.91. The largest absolute Gasteiger partial charge is 0.459 e. The average Bonchev–Trinajstić information content (AvgIpc) is 3.33. The molecule has 1 N–H and O–H groups in total. The molecule has 1 aromatic carbocycles. The van der Waals surface area contributed by atoms with E-state index in [0.717, 1.165) is 54.1 Å². The summed E-state index contributed by atoms with van der Waals surface area (Å²) in [6.45, 7) is 5.40. The second kappa shape index (κ2) is 13.9. The van der Waals surface area contributed by atoms with Crippen molar-refractivity contribution in [3.63, 3.8) is 0 Å². The molecule has 1 unspecified atom stereocenters. The number of unbranched alkanes of at least 4 members (excludes halogenated alkanes) is 1. The zero-order valence-electron chi connectivity index (χ0n) is 21.1.